The number of anilines is 1. The second-order valence-corrected chi connectivity index (χ2v) is 8.68. The van der Waals surface area contributed by atoms with Crippen LogP contribution < -0.4 is 15.0 Å². The van der Waals surface area contributed by atoms with Crippen LogP contribution in [0.3, 0.4) is 0 Å². The Bertz CT molecular complexity index is 1400. The van der Waals surface area contributed by atoms with Gasteiger partial charge in [0.25, 0.3) is 11.8 Å². The molecule has 39 heavy (non-hydrogen) atoms. The molecule has 206 valence electrons. The van der Waals surface area contributed by atoms with Crippen LogP contribution in [-0.2, 0) is 9.53 Å². The van der Waals surface area contributed by atoms with Gasteiger partial charge in [0, 0.05) is 35.0 Å². The van der Waals surface area contributed by atoms with Crippen LogP contribution in [0.1, 0.15) is 20.7 Å². The van der Waals surface area contributed by atoms with Gasteiger partial charge in [0.1, 0.15) is 12.4 Å². The van der Waals surface area contributed by atoms with Crippen molar-refractivity contribution in [1.29, 1.82) is 0 Å². The minimum Gasteiger partial charge on any atom is -0.480 e. The number of alkyl halides is 3. The average Bonchev–Trinajstić information content (AvgIpc) is 2.89. The number of pyridine rings is 1. The predicted molar refractivity (Wildman–Crippen MR) is 135 cm³/mol. The SMILES string of the molecule is COC(=O)CNC(=O)c1ccc(Cl)c(-c2cnc(N(C)C(=O)c3c(F)cccc3Cl)c(OCC(F)(F)F)c2)c1. The number of carbonyl (C=O) groups excluding carboxylic acids is 3. The Kier molecular flexibility index (Phi) is 9.36. The third-order valence-corrected chi connectivity index (χ3v) is 5.83. The van der Waals surface area contributed by atoms with Gasteiger partial charge in [-0.15, -0.1) is 0 Å². The predicted octanol–water partition coefficient (Wildman–Crippen LogP) is 5.32. The van der Waals surface area contributed by atoms with Gasteiger partial charge < -0.3 is 14.8 Å². The van der Waals surface area contributed by atoms with Gasteiger partial charge in [0.05, 0.1) is 17.7 Å². The molecule has 0 saturated carbocycles. The molecule has 2 aromatic carbocycles. The van der Waals surface area contributed by atoms with Crippen LogP contribution in [0, 0.1) is 5.82 Å². The molecule has 0 aliphatic carbocycles. The Hall–Kier alpha value is -3.90. The van der Waals surface area contributed by atoms with Gasteiger partial charge in [-0.1, -0.05) is 29.3 Å². The summed E-state index contributed by atoms with van der Waals surface area (Å²) in [6.07, 6.45) is -3.56. The molecule has 1 heterocycles. The van der Waals surface area contributed by atoms with Crippen molar-refractivity contribution in [2.75, 3.05) is 32.2 Å². The molecule has 3 rings (SSSR count). The fraction of sp³-hybridized carbons (Fsp3) is 0.200. The second kappa shape index (κ2) is 12.3. The number of aromatic nitrogens is 1. The first kappa shape index (κ1) is 29.7. The van der Waals surface area contributed by atoms with E-state index in [4.69, 9.17) is 27.9 Å². The minimum absolute atomic E-state index is 0.0710. The molecule has 0 bridgehead atoms. The molecule has 3 aromatic rings. The normalized spacial score (nSPS) is 11.1. The van der Waals surface area contributed by atoms with Crippen LogP contribution in [0.25, 0.3) is 11.1 Å². The molecule has 0 radical (unpaired) electrons. The molecule has 1 aromatic heterocycles. The zero-order chi connectivity index (χ0) is 28.9. The molecule has 14 heteroatoms. The molecule has 0 fully saturated rings. The number of methoxy groups -OCH3 is 1. The first-order chi connectivity index (χ1) is 18.3. The summed E-state index contributed by atoms with van der Waals surface area (Å²) in [6.45, 7) is -2.12. The maximum Gasteiger partial charge on any atom is 0.422 e. The van der Waals surface area contributed by atoms with Crippen molar-refractivity contribution in [2.24, 2.45) is 0 Å². The lowest BCUT2D eigenvalue weighted by atomic mass is 10.0. The van der Waals surface area contributed by atoms with E-state index in [-0.39, 0.29) is 32.6 Å². The summed E-state index contributed by atoms with van der Waals surface area (Å²) in [4.78, 5) is 41.6. The summed E-state index contributed by atoms with van der Waals surface area (Å²) in [7, 11) is 2.31. The van der Waals surface area contributed by atoms with E-state index >= 15 is 0 Å². The summed E-state index contributed by atoms with van der Waals surface area (Å²) in [6, 6.07) is 8.76. The third kappa shape index (κ3) is 7.36. The number of ether oxygens (including phenoxy) is 2. The van der Waals surface area contributed by atoms with E-state index in [1.807, 2.05) is 0 Å². The Labute approximate surface area is 229 Å². The number of amides is 2. The molecule has 0 atom stereocenters. The van der Waals surface area contributed by atoms with Crippen molar-refractivity contribution in [3.8, 4) is 16.9 Å². The van der Waals surface area contributed by atoms with Crippen LogP contribution in [0.2, 0.25) is 10.0 Å². The number of halogens is 6. The number of nitrogens with one attached hydrogen (secondary N) is 1. The van der Waals surface area contributed by atoms with E-state index < -0.39 is 54.2 Å². The van der Waals surface area contributed by atoms with Crippen LogP contribution in [0.15, 0.2) is 48.7 Å². The topological polar surface area (TPSA) is 97.8 Å². The van der Waals surface area contributed by atoms with E-state index in [0.29, 0.717) is 0 Å². The van der Waals surface area contributed by atoms with Gasteiger partial charge in [-0.2, -0.15) is 13.2 Å². The number of benzene rings is 2. The van der Waals surface area contributed by atoms with Crippen molar-refractivity contribution in [3.05, 3.63) is 75.7 Å². The Morgan fingerprint density at radius 3 is 2.44 bits per heavy atom. The molecule has 8 nitrogen and oxygen atoms in total. The van der Waals surface area contributed by atoms with Gasteiger partial charge >= 0.3 is 12.1 Å². The molecule has 0 aliphatic rings. The lowest BCUT2D eigenvalue weighted by Gasteiger charge is -2.21. The first-order valence-electron chi connectivity index (χ1n) is 10.9. The van der Waals surface area contributed by atoms with E-state index in [2.05, 4.69) is 15.0 Å². The standard InChI is InChI=1S/C25H19Cl2F4N3O5/c1-34(24(37)21-17(27)4-3-5-18(21)28)22-19(39-12-25(29,30)31)9-14(10-32-22)15-8-13(6-7-16(15)26)23(36)33-11-20(35)38-2/h3-10H,11-12H2,1-2H3,(H,33,36). The second-order valence-electron chi connectivity index (χ2n) is 7.86. The number of hydrogen-bond donors (Lipinski definition) is 1. The highest BCUT2D eigenvalue weighted by molar-refractivity contribution is 6.34. The quantitative estimate of drug-likeness (QED) is 0.283. The fourth-order valence-corrected chi connectivity index (χ4v) is 3.75. The lowest BCUT2D eigenvalue weighted by molar-refractivity contribution is -0.153. The van der Waals surface area contributed by atoms with E-state index in [1.165, 1.54) is 36.5 Å². The maximum atomic E-state index is 14.3. The van der Waals surface area contributed by atoms with Crippen LogP contribution in [-0.4, -0.2) is 56.3 Å². The van der Waals surface area contributed by atoms with E-state index in [0.717, 1.165) is 31.2 Å². The van der Waals surface area contributed by atoms with Crippen molar-refractivity contribution < 1.29 is 41.4 Å². The van der Waals surface area contributed by atoms with E-state index in [9.17, 15) is 31.9 Å². The molecule has 0 aliphatic heterocycles. The summed E-state index contributed by atoms with van der Waals surface area (Å²) >= 11 is 12.2. The number of carbonyl (C=O) groups is 3. The Balaban J connectivity index is 2.03. The van der Waals surface area contributed by atoms with Crippen molar-refractivity contribution >= 4 is 46.8 Å². The molecule has 1 N–H and O–H groups in total. The molecular formula is C25H19Cl2F4N3O5. The van der Waals surface area contributed by atoms with E-state index in [1.54, 1.807) is 0 Å². The summed E-state index contributed by atoms with van der Waals surface area (Å²) in [5, 5.41) is 2.25. The summed E-state index contributed by atoms with van der Waals surface area (Å²) < 4.78 is 62.7. The average molecular weight is 588 g/mol. The molecular weight excluding hydrogens is 569 g/mol. The summed E-state index contributed by atoms with van der Waals surface area (Å²) in [5.41, 5.74) is -0.123. The van der Waals surface area contributed by atoms with Crippen molar-refractivity contribution in [2.45, 2.75) is 6.18 Å². The number of esters is 1. The van der Waals surface area contributed by atoms with Gasteiger partial charge in [0.15, 0.2) is 18.2 Å². The fourth-order valence-electron chi connectivity index (χ4n) is 3.28. The minimum atomic E-state index is -4.74. The zero-order valence-corrected chi connectivity index (χ0v) is 21.7. The third-order valence-electron chi connectivity index (χ3n) is 5.18. The number of rotatable bonds is 8. The first-order valence-corrected chi connectivity index (χ1v) is 11.6. The molecule has 0 spiro atoms. The molecule has 0 unspecified atom stereocenters. The van der Waals surface area contributed by atoms with Gasteiger partial charge in [-0.05, 0) is 36.4 Å². The monoisotopic (exact) mass is 587 g/mol. The van der Waals surface area contributed by atoms with Crippen LogP contribution in [0.4, 0.5) is 23.4 Å². The Morgan fingerprint density at radius 1 is 1.08 bits per heavy atom. The van der Waals surface area contributed by atoms with Crippen molar-refractivity contribution in [3.63, 3.8) is 0 Å². The van der Waals surface area contributed by atoms with Crippen LogP contribution >= 0.6 is 23.2 Å². The molecule has 0 saturated heterocycles. The Morgan fingerprint density at radius 2 is 1.79 bits per heavy atom. The maximum absolute atomic E-state index is 14.3. The number of hydrogen-bond acceptors (Lipinski definition) is 6. The molecule has 2 amide bonds. The zero-order valence-electron chi connectivity index (χ0n) is 20.2. The van der Waals surface area contributed by atoms with Crippen LogP contribution in [0.5, 0.6) is 5.75 Å². The lowest BCUT2D eigenvalue weighted by Crippen LogP contribution is -2.30. The highest BCUT2D eigenvalue weighted by Crippen LogP contribution is 2.36. The van der Waals surface area contributed by atoms with Gasteiger partial charge in [-0.3, -0.25) is 19.3 Å². The highest BCUT2D eigenvalue weighted by atomic mass is 35.5. The van der Waals surface area contributed by atoms with Gasteiger partial charge in [0.2, 0.25) is 0 Å². The smallest absolute Gasteiger partial charge is 0.422 e. The van der Waals surface area contributed by atoms with Gasteiger partial charge in [-0.25, -0.2) is 9.37 Å². The summed E-state index contributed by atoms with van der Waals surface area (Å²) in [5.74, 6) is -4.11. The number of nitrogens with zero attached hydrogens (tertiary/aromatic N) is 2. The largest absolute Gasteiger partial charge is 0.480 e. The van der Waals surface area contributed by atoms with Crippen molar-refractivity contribution in [1.82, 2.24) is 10.3 Å². The highest BCUT2D eigenvalue weighted by Gasteiger charge is 2.31.